The lowest BCUT2D eigenvalue weighted by atomic mass is 10.1. The first-order valence-electron chi connectivity index (χ1n) is 10.4. The number of alkyl halides is 3. The summed E-state index contributed by atoms with van der Waals surface area (Å²) in [7, 11) is 0. The van der Waals surface area contributed by atoms with E-state index in [1.807, 2.05) is 17.5 Å². The van der Waals surface area contributed by atoms with Crippen molar-refractivity contribution in [3.63, 3.8) is 0 Å². The Hall–Kier alpha value is -3.24. The molecule has 0 fully saturated rings. The summed E-state index contributed by atoms with van der Waals surface area (Å²) < 4.78 is 52.8. The molecule has 2 amide bonds. The number of anilines is 1. The van der Waals surface area contributed by atoms with E-state index in [0.29, 0.717) is 12.1 Å². The van der Waals surface area contributed by atoms with E-state index in [1.165, 1.54) is 46.6 Å². The third-order valence-electron chi connectivity index (χ3n) is 5.02. The lowest BCUT2D eigenvalue weighted by Crippen LogP contribution is -2.42. The van der Waals surface area contributed by atoms with E-state index >= 15 is 0 Å². The number of hydrogen-bond acceptors (Lipinski definition) is 4. The van der Waals surface area contributed by atoms with Crippen LogP contribution in [-0.4, -0.2) is 36.3 Å². The van der Waals surface area contributed by atoms with Gasteiger partial charge in [-0.1, -0.05) is 37.3 Å². The zero-order chi connectivity index (χ0) is 24.7. The molecule has 1 heterocycles. The van der Waals surface area contributed by atoms with Crippen molar-refractivity contribution in [2.24, 2.45) is 0 Å². The second-order valence-electron chi connectivity index (χ2n) is 7.46. The number of halogens is 4. The van der Waals surface area contributed by atoms with Crippen molar-refractivity contribution in [3.8, 4) is 0 Å². The average molecular weight is 494 g/mol. The number of nitrogens with one attached hydrogen (secondary N) is 2. The summed E-state index contributed by atoms with van der Waals surface area (Å²) in [6.07, 6.45) is -4.61. The van der Waals surface area contributed by atoms with Crippen LogP contribution in [0, 0.1) is 5.82 Å². The lowest BCUT2D eigenvalue weighted by Gasteiger charge is -2.23. The molecule has 34 heavy (non-hydrogen) atoms. The summed E-state index contributed by atoms with van der Waals surface area (Å²) in [6.45, 7) is 1.65. The smallest absolute Gasteiger partial charge is 0.343 e. The van der Waals surface area contributed by atoms with Crippen LogP contribution < -0.4 is 10.6 Å². The van der Waals surface area contributed by atoms with Crippen LogP contribution in [0.15, 0.2) is 66.0 Å². The highest BCUT2D eigenvalue weighted by atomic mass is 32.1. The van der Waals surface area contributed by atoms with E-state index in [0.717, 1.165) is 10.9 Å². The maximum Gasteiger partial charge on any atom is 0.418 e. The third kappa shape index (κ3) is 6.88. The molecule has 0 spiro atoms. The van der Waals surface area contributed by atoms with Gasteiger partial charge in [0.05, 0.1) is 30.4 Å². The number of carbonyl (C=O) groups excluding carboxylic acids is 2. The van der Waals surface area contributed by atoms with Gasteiger partial charge in [0.25, 0.3) is 0 Å². The van der Waals surface area contributed by atoms with E-state index in [2.05, 4.69) is 10.6 Å². The molecule has 2 N–H and O–H groups in total. The second kappa shape index (κ2) is 11.3. The number of para-hydroxylation sites is 1. The van der Waals surface area contributed by atoms with Crippen LogP contribution in [0.5, 0.6) is 0 Å². The van der Waals surface area contributed by atoms with Gasteiger partial charge in [0, 0.05) is 4.88 Å². The minimum absolute atomic E-state index is 0.145. The number of rotatable bonds is 9. The van der Waals surface area contributed by atoms with Gasteiger partial charge in [-0.15, -0.1) is 11.3 Å². The number of hydrogen-bond donors (Lipinski definition) is 2. The number of likely N-dealkylation sites (N-methyl/N-ethyl adjacent to an activating group) is 1. The number of amides is 2. The van der Waals surface area contributed by atoms with Crippen molar-refractivity contribution in [2.75, 3.05) is 25.0 Å². The molecule has 2 aromatic carbocycles. The Kier molecular flexibility index (Phi) is 8.41. The van der Waals surface area contributed by atoms with Crippen molar-refractivity contribution >= 4 is 28.8 Å². The normalized spacial score (nSPS) is 12.4. The maximum atomic E-state index is 13.3. The Bertz CT molecular complexity index is 1100. The molecule has 5 nitrogen and oxygen atoms in total. The highest BCUT2D eigenvalue weighted by molar-refractivity contribution is 7.10. The lowest BCUT2D eigenvalue weighted by molar-refractivity contribution is -0.137. The Balaban J connectivity index is 1.65. The van der Waals surface area contributed by atoms with E-state index < -0.39 is 29.5 Å². The van der Waals surface area contributed by atoms with Crippen molar-refractivity contribution in [1.82, 2.24) is 10.2 Å². The molecule has 0 saturated heterocycles. The van der Waals surface area contributed by atoms with Gasteiger partial charge in [-0.25, -0.2) is 4.39 Å². The first kappa shape index (κ1) is 25.4. The van der Waals surface area contributed by atoms with E-state index in [1.54, 1.807) is 19.1 Å². The zero-order valence-electron chi connectivity index (χ0n) is 18.2. The topological polar surface area (TPSA) is 61.4 Å². The van der Waals surface area contributed by atoms with Gasteiger partial charge in [-0.3, -0.25) is 14.5 Å². The number of benzene rings is 2. The highest BCUT2D eigenvalue weighted by Gasteiger charge is 2.33. The number of nitrogens with zero attached hydrogens (tertiary/aromatic N) is 1. The third-order valence-corrected chi connectivity index (χ3v) is 5.96. The molecular formula is C24H23F4N3O2S. The van der Waals surface area contributed by atoms with Gasteiger partial charge in [-0.2, -0.15) is 13.2 Å². The summed E-state index contributed by atoms with van der Waals surface area (Å²) in [5.41, 5.74) is -0.585. The molecule has 1 aromatic heterocycles. The maximum absolute atomic E-state index is 13.3. The monoisotopic (exact) mass is 493 g/mol. The van der Waals surface area contributed by atoms with Crippen LogP contribution in [-0.2, 0) is 15.8 Å². The summed E-state index contributed by atoms with van der Waals surface area (Å²) in [5, 5.41) is 7.04. The van der Waals surface area contributed by atoms with Crippen LogP contribution in [0.1, 0.15) is 29.0 Å². The van der Waals surface area contributed by atoms with Gasteiger partial charge >= 0.3 is 6.18 Å². The number of thiophene rings is 1. The molecule has 10 heteroatoms. The Morgan fingerprint density at radius 2 is 1.65 bits per heavy atom. The van der Waals surface area contributed by atoms with Gasteiger partial charge in [0.2, 0.25) is 11.8 Å². The summed E-state index contributed by atoms with van der Waals surface area (Å²) in [6, 6.07) is 13.7. The molecule has 3 rings (SSSR count). The quantitative estimate of drug-likeness (QED) is 0.409. The SMILES string of the molecule is CCN(CC(=O)Nc1ccccc1C(F)(F)F)CC(=O)NC(c1ccc(F)cc1)c1cccs1. The van der Waals surface area contributed by atoms with Crippen molar-refractivity contribution in [3.05, 3.63) is 87.9 Å². The van der Waals surface area contributed by atoms with Crippen LogP contribution in [0.4, 0.5) is 23.2 Å². The Morgan fingerprint density at radius 1 is 0.971 bits per heavy atom. The van der Waals surface area contributed by atoms with Crippen LogP contribution >= 0.6 is 11.3 Å². The molecule has 0 saturated carbocycles. The van der Waals surface area contributed by atoms with E-state index in [-0.39, 0.29) is 24.7 Å². The van der Waals surface area contributed by atoms with Gasteiger partial charge in [0.15, 0.2) is 0 Å². The minimum Gasteiger partial charge on any atom is -0.343 e. The fourth-order valence-electron chi connectivity index (χ4n) is 3.35. The Labute approximate surface area is 198 Å². The Morgan fingerprint density at radius 3 is 2.26 bits per heavy atom. The predicted molar refractivity (Wildman–Crippen MR) is 123 cm³/mol. The van der Waals surface area contributed by atoms with Crippen molar-refractivity contribution < 1.29 is 27.2 Å². The fraction of sp³-hybridized carbons (Fsp3) is 0.250. The largest absolute Gasteiger partial charge is 0.418 e. The zero-order valence-corrected chi connectivity index (χ0v) is 19.0. The van der Waals surface area contributed by atoms with Gasteiger partial charge < -0.3 is 10.6 Å². The van der Waals surface area contributed by atoms with Gasteiger partial charge in [-0.05, 0) is 47.8 Å². The van der Waals surface area contributed by atoms with Crippen LogP contribution in [0.2, 0.25) is 0 Å². The molecule has 0 aliphatic heterocycles. The second-order valence-corrected chi connectivity index (χ2v) is 8.44. The molecule has 0 bridgehead atoms. The van der Waals surface area contributed by atoms with Crippen LogP contribution in [0.25, 0.3) is 0 Å². The van der Waals surface area contributed by atoms with Gasteiger partial charge in [0.1, 0.15) is 5.82 Å². The molecule has 0 aliphatic rings. The summed E-state index contributed by atoms with van der Waals surface area (Å²) in [4.78, 5) is 27.6. The molecule has 1 atom stereocenters. The molecular weight excluding hydrogens is 470 g/mol. The standard InChI is InChI=1S/C24H23F4N3O2S/c1-2-31(14-21(32)29-19-7-4-3-6-18(19)24(26,27)28)15-22(33)30-23(20-8-5-13-34-20)16-9-11-17(25)12-10-16/h3-13,23H,2,14-15H2,1H3,(H,29,32)(H,30,33). The molecule has 3 aromatic rings. The van der Waals surface area contributed by atoms with Crippen molar-refractivity contribution in [2.45, 2.75) is 19.1 Å². The van der Waals surface area contributed by atoms with Crippen LogP contribution in [0.3, 0.4) is 0 Å². The predicted octanol–water partition coefficient (Wildman–Crippen LogP) is 5.07. The first-order valence-corrected chi connectivity index (χ1v) is 11.3. The molecule has 180 valence electrons. The number of carbonyl (C=O) groups is 2. The summed E-state index contributed by atoms with van der Waals surface area (Å²) >= 11 is 1.43. The summed E-state index contributed by atoms with van der Waals surface area (Å²) in [5.74, 6) is -1.44. The highest BCUT2D eigenvalue weighted by Crippen LogP contribution is 2.34. The fourth-order valence-corrected chi connectivity index (χ4v) is 4.15. The van der Waals surface area contributed by atoms with E-state index in [4.69, 9.17) is 0 Å². The van der Waals surface area contributed by atoms with E-state index in [9.17, 15) is 27.2 Å². The molecule has 0 aliphatic carbocycles. The average Bonchev–Trinajstić information content (AvgIpc) is 3.32. The molecule has 1 unspecified atom stereocenters. The molecule has 0 radical (unpaired) electrons. The first-order chi connectivity index (χ1) is 16.2. The minimum atomic E-state index is -4.61. The van der Waals surface area contributed by atoms with Crippen molar-refractivity contribution in [1.29, 1.82) is 0 Å².